The van der Waals surface area contributed by atoms with Gasteiger partial charge in [0, 0.05) is 37.2 Å². The number of hydrogen-bond donors (Lipinski definition) is 2. The van der Waals surface area contributed by atoms with Crippen LogP contribution in [0.3, 0.4) is 0 Å². The number of rotatable bonds is 2. The summed E-state index contributed by atoms with van der Waals surface area (Å²) < 4.78 is 0. The van der Waals surface area contributed by atoms with Gasteiger partial charge in [-0.3, -0.25) is 4.79 Å². The van der Waals surface area contributed by atoms with Gasteiger partial charge in [0.05, 0.1) is 0 Å². The molecule has 4 N–H and O–H groups in total. The number of nitrogens with two attached hydrogens (primary N) is 2. The van der Waals surface area contributed by atoms with Crippen molar-refractivity contribution in [2.24, 2.45) is 11.5 Å². The lowest BCUT2D eigenvalue weighted by atomic mass is 10.1. The zero-order valence-corrected chi connectivity index (χ0v) is 8.72. The lowest BCUT2D eigenvalue weighted by Gasteiger charge is -2.35. The summed E-state index contributed by atoms with van der Waals surface area (Å²) in [5.74, 6) is 0.727. The van der Waals surface area contributed by atoms with E-state index in [9.17, 15) is 4.79 Å². The van der Waals surface area contributed by atoms with Gasteiger partial charge in [-0.15, -0.1) is 11.8 Å². The van der Waals surface area contributed by atoms with Crippen LogP contribution in [0.25, 0.3) is 0 Å². The molecule has 2 unspecified atom stereocenters. The predicted octanol–water partition coefficient (Wildman–Crippen LogP) is -0.416. The second kappa shape index (κ2) is 4.83. The van der Waals surface area contributed by atoms with Crippen molar-refractivity contribution in [3.63, 3.8) is 0 Å². The fourth-order valence-corrected chi connectivity index (χ4v) is 2.43. The van der Waals surface area contributed by atoms with Crippen LogP contribution in [0, 0.1) is 0 Å². The molecule has 1 aliphatic heterocycles. The van der Waals surface area contributed by atoms with Crippen molar-refractivity contribution in [1.29, 1.82) is 0 Å². The van der Waals surface area contributed by atoms with Gasteiger partial charge < -0.3 is 16.4 Å². The van der Waals surface area contributed by atoms with Crippen LogP contribution in [-0.4, -0.2) is 41.1 Å². The maximum atomic E-state index is 11.0. The van der Waals surface area contributed by atoms with Crippen LogP contribution < -0.4 is 11.5 Å². The van der Waals surface area contributed by atoms with E-state index in [1.807, 2.05) is 0 Å². The van der Waals surface area contributed by atoms with Gasteiger partial charge in [0.2, 0.25) is 5.91 Å². The third-order valence-corrected chi connectivity index (χ3v) is 3.55. The molecule has 0 aromatic carbocycles. The summed E-state index contributed by atoms with van der Waals surface area (Å²) in [5, 5.41) is 0.417. The smallest absolute Gasteiger partial charge is 0.219 e. The van der Waals surface area contributed by atoms with Crippen molar-refractivity contribution < 1.29 is 4.79 Å². The molecule has 0 aromatic rings. The second-order valence-corrected chi connectivity index (χ2v) is 4.56. The van der Waals surface area contributed by atoms with Crippen molar-refractivity contribution >= 4 is 17.7 Å². The highest BCUT2D eigenvalue weighted by Gasteiger charge is 2.27. The van der Waals surface area contributed by atoms with E-state index in [0.29, 0.717) is 17.7 Å². The Morgan fingerprint density at radius 3 is 2.85 bits per heavy atom. The van der Waals surface area contributed by atoms with Gasteiger partial charge in [0.15, 0.2) is 0 Å². The quantitative estimate of drug-likeness (QED) is 0.598. The van der Waals surface area contributed by atoms with E-state index in [4.69, 9.17) is 11.5 Å². The van der Waals surface area contributed by atoms with Gasteiger partial charge >= 0.3 is 0 Å². The average Bonchev–Trinajstić information content (AvgIpc) is 2.08. The molecule has 0 radical (unpaired) electrons. The summed E-state index contributed by atoms with van der Waals surface area (Å²) in [6.45, 7) is 3.08. The predicted molar refractivity (Wildman–Crippen MR) is 55.3 cm³/mol. The van der Waals surface area contributed by atoms with Crippen molar-refractivity contribution in [2.45, 2.75) is 24.6 Å². The van der Waals surface area contributed by atoms with E-state index in [-0.39, 0.29) is 11.9 Å². The normalized spacial score (nSPS) is 29.0. The molecule has 0 spiro atoms. The molecule has 0 saturated carbocycles. The summed E-state index contributed by atoms with van der Waals surface area (Å²) in [6.07, 6.45) is 0.961. The number of piperidine rings is 1. The van der Waals surface area contributed by atoms with Gasteiger partial charge in [-0.25, -0.2) is 0 Å². The number of nitrogens with zero attached hydrogens (tertiary/aromatic N) is 1. The van der Waals surface area contributed by atoms with Crippen molar-refractivity contribution in [2.75, 3.05) is 19.0 Å². The van der Waals surface area contributed by atoms with Crippen LogP contribution in [0.1, 0.15) is 13.3 Å². The molecule has 4 nitrogen and oxygen atoms in total. The number of carbonyl (C=O) groups is 1. The van der Waals surface area contributed by atoms with Crippen LogP contribution in [0.2, 0.25) is 0 Å². The first kappa shape index (κ1) is 10.8. The summed E-state index contributed by atoms with van der Waals surface area (Å²) in [5.41, 5.74) is 11.4. The number of hydrogen-bond acceptors (Lipinski definition) is 4. The Morgan fingerprint density at radius 1 is 1.69 bits per heavy atom. The third-order valence-electron chi connectivity index (χ3n) is 2.35. The lowest BCUT2D eigenvalue weighted by Crippen LogP contribution is -2.51. The molecule has 2 atom stereocenters. The first-order valence-electron chi connectivity index (χ1n) is 4.48. The monoisotopic (exact) mass is 203 g/mol. The van der Waals surface area contributed by atoms with E-state index in [1.165, 1.54) is 0 Å². The third kappa shape index (κ3) is 2.86. The molecule has 1 rings (SSSR count). The summed E-state index contributed by atoms with van der Waals surface area (Å²) in [4.78, 5) is 12.9. The number of carbonyl (C=O) groups excluding carboxylic acids is 1. The molecule has 0 aromatic heterocycles. The van der Waals surface area contributed by atoms with Gasteiger partial charge in [-0.2, -0.15) is 0 Å². The zero-order valence-electron chi connectivity index (χ0n) is 7.90. The van der Waals surface area contributed by atoms with Gasteiger partial charge in [-0.05, 0) is 6.42 Å². The molecule has 0 aliphatic carbocycles. The molecule has 1 heterocycles. The molecule has 5 heteroatoms. The van der Waals surface area contributed by atoms with Crippen LogP contribution in [0.4, 0.5) is 0 Å². The van der Waals surface area contributed by atoms with E-state index < -0.39 is 0 Å². The fourth-order valence-electron chi connectivity index (χ4n) is 1.58. The van der Waals surface area contributed by atoms with E-state index in [1.54, 1.807) is 23.6 Å². The molecule has 76 valence electrons. The highest BCUT2D eigenvalue weighted by atomic mass is 32.2. The number of thioether (sulfide) groups is 1. The molecule has 1 fully saturated rings. The number of likely N-dealkylation sites (tertiary alicyclic amines) is 1. The fraction of sp³-hybridized carbons (Fsp3) is 0.875. The molecule has 0 bridgehead atoms. The molecule has 1 amide bonds. The minimum Gasteiger partial charge on any atom is -0.341 e. The first-order chi connectivity index (χ1) is 6.15. The SMILES string of the molecule is CC(=O)N1CCC(SCN)C(N)C1. The molecule has 13 heavy (non-hydrogen) atoms. The molecule has 1 aliphatic rings. The maximum absolute atomic E-state index is 11.0. The molecule has 1 saturated heterocycles. The average molecular weight is 203 g/mol. The van der Waals surface area contributed by atoms with Crippen molar-refractivity contribution in [3.8, 4) is 0 Å². The Hall–Kier alpha value is -0.260. The standard InChI is InChI=1S/C8H17N3OS/c1-6(12)11-3-2-8(13-5-9)7(10)4-11/h7-8H,2-5,9-10H2,1H3. The van der Waals surface area contributed by atoms with Gasteiger partial charge in [-0.1, -0.05) is 0 Å². The highest BCUT2D eigenvalue weighted by molar-refractivity contribution is 7.99. The van der Waals surface area contributed by atoms with Gasteiger partial charge in [0.1, 0.15) is 0 Å². The van der Waals surface area contributed by atoms with Crippen LogP contribution in [0.15, 0.2) is 0 Å². The van der Waals surface area contributed by atoms with Crippen LogP contribution >= 0.6 is 11.8 Å². The Bertz CT molecular complexity index is 188. The zero-order chi connectivity index (χ0) is 9.84. The highest BCUT2D eigenvalue weighted by Crippen LogP contribution is 2.21. The Kier molecular flexibility index (Phi) is 4.02. The Morgan fingerprint density at radius 2 is 2.38 bits per heavy atom. The minimum absolute atomic E-state index is 0.0752. The lowest BCUT2D eigenvalue weighted by molar-refractivity contribution is -0.129. The second-order valence-electron chi connectivity index (χ2n) is 3.29. The maximum Gasteiger partial charge on any atom is 0.219 e. The van der Waals surface area contributed by atoms with Crippen LogP contribution in [0.5, 0.6) is 0 Å². The van der Waals surface area contributed by atoms with E-state index in [2.05, 4.69) is 0 Å². The first-order valence-corrected chi connectivity index (χ1v) is 5.52. The van der Waals surface area contributed by atoms with Crippen molar-refractivity contribution in [1.82, 2.24) is 4.90 Å². The Labute approximate surface area is 83.0 Å². The summed E-state index contributed by atoms with van der Waals surface area (Å²) in [7, 11) is 0. The van der Waals surface area contributed by atoms with Gasteiger partial charge in [0.25, 0.3) is 0 Å². The summed E-state index contributed by atoms with van der Waals surface area (Å²) >= 11 is 1.69. The molecular formula is C8H17N3OS. The molecular weight excluding hydrogens is 186 g/mol. The number of amides is 1. The topological polar surface area (TPSA) is 72.3 Å². The van der Waals surface area contributed by atoms with E-state index in [0.717, 1.165) is 13.0 Å². The largest absolute Gasteiger partial charge is 0.341 e. The van der Waals surface area contributed by atoms with Crippen molar-refractivity contribution in [3.05, 3.63) is 0 Å². The van der Waals surface area contributed by atoms with E-state index >= 15 is 0 Å². The summed E-state index contributed by atoms with van der Waals surface area (Å²) in [6, 6.07) is 0.0752. The minimum atomic E-state index is 0.0752. The van der Waals surface area contributed by atoms with Crippen LogP contribution in [-0.2, 0) is 4.79 Å². The Balaban J connectivity index is 2.41.